The summed E-state index contributed by atoms with van der Waals surface area (Å²) < 4.78 is 11.6. The summed E-state index contributed by atoms with van der Waals surface area (Å²) in [6, 6.07) is 93.4. The van der Waals surface area contributed by atoms with Crippen molar-refractivity contribution in [2.24, 2.45) is 0 Å². The lowest BCUT2D eigenvalue weighted by Crippen LogP contribution is -2.32. The zero-order chi connectivity index (χ0) is 49.9. The van der Waals surface area contributed by atoms with Gasteiger partial charge in [-0.15, -0.1) is 0 Å². The van der Waals surface area contributed by atoms with Gasteiger partial charge < -0.3 is 13.9 Å². The molecule has 3 aromatic heterocycles. The van der Waals surface area contributed by atoms with E-state index in [2.05, 4.69) is 234 Å². The van der Waals surface area contributed by atoms with E-state index < -0.39 is 5.41 Å². The molecule has 0 fully saturated rings. The lowest BCUT2D eigenvalue weighted by atomic mass is 9.66. The maximum Gasteiger partial charge on any atom is 0.164 e. The highest BCUT2D eigenvalue weighted by atomic mass is 16.5. The Labute approximate surface area is 438 Å². The van der Waals surface area contributed by atoms with E-state index in [4.69, 9.17) is 19.7 Å². The molecule has 2 aliphatic rings. The van der Waals surface area contributed by atoms with Crippen LogP contribution >= 0.6 is 0 Å². The standard InChI is InChI=1S/C70H43N5O/c1-5-19-44(20-6-1)67-71-68(45-21-7-2-8-22-45)73-69(72-67)48-33-36-51-53-39-46(34-37-57(53)70(60(51)41-48)58-28-14-17-31-65(58)76-66-32-18-15-29-59(66)70)47-35-38-62-54(40-47)56-43-63-55(42-64(56)75(62)50-25-11-4-12-26-50)52-27-13-16-30-61(52)74(63)49-23-9-3-10-24-49/h1-43H. The van der Waals surface area contributed by atoms with Crippen molar-refractivity contribution in [3.05, 3.63) is 283 Å². The first-order chi connectivity index (χ1) is 37.7. The van der Waals surface area contributed by atoms with Crippen LogP contribution in [0.1, 0.15) is 22.3 Å². The monoisotopic (exact) mass is 969 g/mol. The Bertz CT molecular complexity index is 4550. The quantitative estimate of drug-likeness (QED) is 0.167. The molecule has 1 aliphatic carbocycles. The van der Waals surface area contributed by atoms with Crippen molar-refractivity contribution in [2.75, 3.05) is 0 Å². The molecule has 6 nitrogen and oxygen atoms in total. The Kier molecular flexibility index (Phi) is 9.15. The van der Waals surface area contributed by atoms with Crippen molar-refractivity contribution in [3.8, 4) is 79.3 Å². The zero-order valence-electron chi connectivity index (χ0n) is 41.0. The summed E-state index contributed by atoms with van der Waals surface area (Å²) in [5.74, 6) is 3.55. The van der Waals surface area contributed by atoms with Crippen molar-refractivity contribution in [2.45, 2.75) is 5.41 Å². The fourth-order valence-corrected chi connectivity index (χ4v) is 12.5. The summed E-state index contributed by atoms with van der Waals surface area (Å²) in [5, 5.41) is 4.85. The van der Waals surface area contributed by atoms with Crippen LogP contribution in [0, 0.1) is 0 Å². The molecule has 76 heavy (non-hydrogen) atoms. The predicted octanol–water partition coefficient (Wildman–Crippen LogP) is 17.2. The highest BCUT2D eigenvalue weighted by molar-refractivity contribution is 6.19. The largest absolute Gasteiger partial charge is 0.457 e. The number of hydrogen-bond donors (Lipinski definition) is 0. The van der Waals surface area contributed by atoms with E-state index in [1.54, 1.807) is 0 Å². The Morgan fingerprint density at radius 2 is 0.737 bits per heavy atom. The molecule has 0 atom stereocenters. The van der Waals surface area contributed by atoms with Crippen LogP contribution in [0.4, 0.5) is 0 Å². The second kappa shape index (κ2) is 16.4. The van der Waals surface area contributed by atoms with Crippen molar-refractivity contribution in [3.63, 3.8) is 0 Å². The van der Waals surface area contributed by atoms with E-state index in [-0.39, 0.29) is 0 Å². The molecular formula is C70H43N5O. The molecular weight excluding hydrogens is 927 g/mol. The molecule has 0 saturated carbocycles. The van der Waals surface area contributed by atoms with E-state index >= 15 is 0 Å². The van der Waals surface area contributed by atoms with Gasteiger partial charge in [-0.3, -0.25) is 0 Å². The van der Waals surface area contributed by atoms with Crippen LogP contribution in [-0.2, 0) is 5.41 Å². The van der Waals surface area contributed by atoms with Crippen LogP contribution in [0.5, 0.6) is 11.5 Å². The number of nitrogens with zero attached hydrogens (tertiary/aromatic N) is 5. The summed E-state index contributed by atoms with van der Waals surface area (Å²) in [4.78, 5) is 15.5. The predicted molar refractivity (Wildman–Crippen MR) is 308 cm³/mol. The summed E-state index contributed by atoms with van der Waals surface area (Å²) in [6.07, 6.45) is 0. The molecule has 354 valence electrons. The number of ether oxygens (including phenoxy) is 1. The fourth-order valence-electron chi connectivity index (χ4n) is 12.5. The lowest BCUT2D eigenvalue weighted by Gasteiger charge is -2.39. The maximum absolute atomic E-state index is 6.78. The Balaban J connectivity index is 0.927. The minimum absolute atomic E-state index is 0.611. The molecule has 1 aliphatic heterocycles. The molecule has 0 radical (unpaired) electrons. The number of hydrogen-bond acceptors (Lipinski definition) is 4. The van der Waals surface area contributed by atoms with Crippen molar-refractivity contribution < 1.29 is 4.74 Å². The number of fused-ring (bicyclic) bond motifs is 15. The number of rotatable bonds is 6. The molecule has 11 aromatic carbocycles. The summed E-state index contributed by atoms with van der Waals surface area (Å²) in [5.41, 5.74) is 18.2. The molecule has 4 heterocycles. The third kappa shape index (κ3) is 6.19. The highest BCUT2D eigenvalue weighted by Gasteiger charge is 2.51. The van der Waals surface area contributed by atoms with Crippen LogP contribution in [0.3, 0.4) is 0 Å². The summed E-state index contributed by atoms with van der Waals surface area (Å²) in [7, 11) is 0. The van der Waals surface area contributed by atoms with Gasteiger partial charge in [0.2, 0.25) is 0 Å². The second-order valence-electron chi connectivity index (χ2n) is 19.9. The average molecular weight is 970 g/mol. The number of benzene rings is 11. The Hall–Kier alpha value is -10.2. The molecule has 0 bridgehead atoms. The van der Waals surface area contributed by atoms with E-state index in [9.17, 15) is 0 Å². The third-order valence-corrected chi connectivity index (χ3v) is 15.8. The molecule has 0 N–H and O–H groups in total. The number of para-hydroxylation sites is 5. The van der Waals surface area contributed by atoms with Crippen LogP contribution < -0.4 is 4.74 Å². The van der Waals surface area contributed by atoms with E-state index in [0.29, 0.717) is 17.5 Å². The van der Waals surface area contributed by atoms with Gasteiger partial charge in [-0.2, -0.15) is 0 Å². The molecule has 6 heteroatoms. The molecule has 16 rings (SSSR count). The van der Waals surface area contributed by atoms with E-state index in [1.807, 2.05) is 36.4 Å². The summed E-state index contributed by atoms with van der Waals surface area (Å²) in [6.45, 7) is 0. The van der Waals surface area contributed by atoms with Gasteiger partial charge in [-0.25, -0.2) is 15.0 Å². The zero-order valence-corrected chi connectivity index (χ0v) is 41.0. The van der Waals surface area contributed by atoms with Gasteiger partial charge in [-0.1, -0.05) is 182 Å². The second-order valence-corrected chi connectivity index (χ2v) is 19.9. The fraction of sp³-hybridized carbons (Fsp3) is 0.0143. The van der Waals surface area contributed by atoms with Crippen LogP contribution in [0.25, 0.3) is 111 Å². The lowest BCUT2D eigenvalue weighted by molar-refractivity contribution is 0.436. The van der Waals surface area contributed by atoms with E-state index in [0.717, 1.165) is 78.5 Å². The minimum Gasteiger partial charge on any atom is -0.457 e. The first-order valence-electron chi connectivity index (χ1n) is 25.8. The minimum atomic E-state index is -0.710. The van der Waals surface area contributed by atoms with Crippen LogP contribution in [0.2, 0.25) is 0 Å². The third-order valence-electron chi connectivity index (χ3n) is 15.8. The molecule has 0 unspecified atom stereocenters. The highest BCUT2D eigenvalue weighted by Crippen LogP contribution is 2.63. The molecule has 14 aromatic rings. The normalized spacial score (nSPS) is 12.9. The molecule has 1 spiro atoms. The van der Waals surface area contributed by atoms with Gasteiger partial charge in [0.1, 0.15) is 11.5 Å². The van der Waals surface area contributed by atoms with Gasteiger partial charge in [0.15, 0.2) is 17.5 Å². The van der Waals surface area contributed by atoms with E-state index in [1.165, 1.54) is 49.2 Å². The van der Waals surface area contributed by atoms with Crippen molar-refractivity contribution in [1.29, 1.82) is 0 Å². The average Bonchev–Trinajstić information content (AvgIpc) is 4.27. The first-order valence-corrected chi connectivity index (χ1v) is 25.8. The number of aromatic nitrogens is 5. The Morgan fingerprint density at radius 1 is 0.276 bits per heavy atom. The van der Waals surface area contributed by atoms with Crippen molar-refractivity contribution in [1.82, 2.24) is 24.1 Å². The van der Waals surface area contributed by atoms with Gasteiger partial charge >= 0.3 is 0 Å². The Morgan fingerprint density at radius 3 is 1.36 bits per heavy atom. The van der Waals surface area contributed by atoms with Crippen LogP contribution in [-0.4, -0.2) is 24.1 Å². The summed E-state index contributed by atoms with van der Waals surface area (Å²) >= 11 is 0. The molecule has 0 saturated heterocycles. The first kappa shape index (κ1) is 42.3. The maximum atomic E-state index is 6.78. The SMILES string of the molecule is c1ccc(-c2nc(-c3ccccc3)nc(-c3ccc4c(c3)C3(c5ccccc5Oc5ccccc53)c3ccc(-c5ccc6c(c5)c5cc7c(cc5n6-c5ccccc5)c5ccccc5n7-c5ccccc5)cc3-4)n2)cc1. The van der Waals surface area contributed by atoms with Crippen molar-refractivity contribution >= 4 is 43.6 Å². The van der Waals surface area contributed by atoms with Gasteiger partial charge in [0.25, 0.3) is 0 Å². The topological polar surface area (TPSA) is 57.8 Å². The smallest absolute Gasteiger partial charge is 0.164 e. The van der Waals surface area contributed by atoms with Gasteiger partial charge in [-0.05, 0) is 112 Å². The molecule has 0 amide bonds. The van der Waals surface area contributed by atoms with Gasteiger partial charge in [0.05, 0.1) is 27.5 Å². The van der Waals surface area contributed by atoms with Crippen LogP contribution in [0.15, 0.2) is 261 Å². The van der Waals surface area contributed by atoms with Gasteiger partial charge in [0, 0.05) is 60.7 Å².